The summed E-state index contributed by atoms with van der Waals surface area (Å²) < 4.78 is 97.1. The number of benzene rings is 2. The molecule has 0 aliphatic carbocycles. The molecule has 37 heavy (non-hydrogen) atoms. The van der Waals surface area contributed by atoms with Crippen LogP contribution in [0.4, 0.5) is 22.0 Å². The number of unbranched alkanes of at least 4 members (excludes halogenated alkanes) is 2. The molecule has 0 atom stereocenters. The van der Waals surface area contributed by atoms with Crippen molar-refractivity contribution < 1.29 is 40.6 Å². The molecule has 0 aliphatic heterocycles. The number of halogens is 5. The molecule has 0 amide bonds. The Morgan fingerprint density at radius 3 is 1.97 bits per heavy atom. The van der Waals surface area contributed by atoms with Gasteiger partial charge >= 0.3 is 0 Å². The van der Waals surface area contributed by atoms with Gasteiger partial charge in [0.05, 0.1) is 0 Å². The third-order valence-corrected chi connectivity index (χ3v) is 7.80. The first kappa shape index (κ1) is 30.3. The van der Waals surface area contributed by atoms with Crippen LogP contribution < -0.4 is 0 Å². The predicted octanol–water partition coefficient (Wildman–Crippen LogP) is 7.59. The molecule has 204 valence electrons. The molecule has 4 nitrogen and oxygen atoms in total. The van der Waals surface area contributed by atoms with Crippen molar-refractivity contribution >= 4 is 9.84 Å². The Morgan fingerprint density at radius 1 is 0.865 bits per heavy atom. The largest absolute Gasteiger partial charge is 0.508 e. The SMILES string of the molecule is CCCCCc1cc(O)c(C/C=C(\C)CCC=C(C)C)c(O)c1S(=O)(=O)c1c(F)c(F)c(F)c(F)c1F. The van der Waals surface area contributed by atoms with Gasteiger partial charge in [0, 0.05) is 5.56 Å². The van der Waals surface area contributed by atoms with E-state index in [1.54, 1.807) is 13.0 Å². The lowest BCUT2D eigenvalue weighted by molar-refractivity contribution is 0.357. The molecular weight excluding hydrogens is 515 g/mol. The van der Waals surface area contributed by atoms with Crippen LogP contribution in [0.5, 0.6) is 11.5 Å². The first-order valence-corrected chi connectivity index (χ1v) is 13.4. The first-order chi connectivity index (χ1) is 17.2. The molecule has 2 N–H and O–H groups in total. The summed E-state index contributed by atoms with van der Waals surface area (Å²) in [6.45, 7) is 7.57. The molecule has 0 fully saturated rings. The zero-order valence-electron chi connectivity index (χ0n) is 21.2. The van der Waals surface area contributed by atoms with Gasteiger partial charge in [-0.05, 0) is 64.5 Å². The Kier molecular flexibility index (Phi) is 10.3. The van der Waals surface area contributed by atoms with Gasteiger partial charge < -0.3 is 10.2 Å². The lowest BCUT2D eigenvalue weighted by Gasteiger charge is -2.18. The number of rotatable bonds is 11. The molecule has 10 heteroatoms. The van der Waals surface area contributed by atoms with Gasteiger partial charge in [0.2, 0.25) is 15.7 Å². The maximum Gasteiger partial charge on any atom is 0.216 e. The van der Waals surface area contributed by atoms with Crippen molar-refractivity contribution in [2.45, 2.75) is 82.4 Å². The van der Waals surface area contributed by atoms with Crippen LogP contribution in [-0.4, -0.2) is 18.6 Å². The summed E-state index contributed by atoms with van der Waals surface area (Å²) in [7, 11) is -5.45. The molecule has 0 bridgehead atoms. The molecule has 2 aromatic rings. The fraction of sp³-hybridized carbons (Fsp3) is 0.407. The highest BCUT2D eigenvalue weighted by atomic mass is 32.2. The smallest absolute Gasteiger partial charge is 0.216 e. The maximum atomic E-state index is 14.5. The molecule has 2 aromatic carbocycles. The Bertz CT molecular complexity index is 1300. The Hall–Kier alpha value is -2.88. The van der Waals surface area contributed by atoms with Gasteiger partial charge in [-0.15, -0.1) is 0 Å². The van der Waals surface area contributed by atoms with E-state index in [0.717, 1.165) is 30.1 Å². The molecule has 2 rings (SSSR count). The van der Waals surface area contributed by atoms with E-state index in [-0.39, 0.29) is 24.0 Å². The van der Waals surface area contributed by atoms with Crippen LogP contribution in [0.2, 0.25) is 0 Å². The Morgan fingerprint density at radius 2 is 1.43 bits per heavy atom. The number of sulfone groups is 1. The Balaban J connectivity index is 2.73. The lowest BCUT2D eigenvalue weighted by atomic mass is 10.00. The first-order valence-electron chi connectivity index (χ1n) is 11.9. The Labute approximate surface area is 214 Å². The molecule has 0 spiro atoms. The van der Waals surface area contributed by atoms with Crippen molar-refractivity contribution in [3.8, 4) is 11.5 Å². The van der Waals surface area contributed by atoms with Gasteiger partial charge in [-0.2, -0.15) is 0 Å². The number of hydrogen-bond acceptors (Lipinski definition) is 4. The van der Waals surface area contributed by atoms with Crippen LogP contribution in [0, 0.1) is 29.1 Å². The fourth-order valence-corrected chi connectivity index (χ4v) is 5.61. The summed E-state index contributed by atoms with van der Waals surface area (Å²) >= 11 is 0. The highest BCUT2D eigenvalue weighted by Crippen LogP contribution is 2.42. The van der Waals surface area contributed by atoms with Crippen molar-refractivity contribution in [1.82, 2.24) is 0 Å². The van der Waals surface area contributed by atoms with Crippen molar-refractivity contribution in [2.24, 2.45) is 0 Å². The number of phenolic OH excluding ortho intramolecular Hbond substituents is 2. The summed E-state index contributed by atoms with van der Waals surface area (Å²) in [5.74, 6) is -13.8. The second-order valence-electron chi connectivity index (χ2n) is 9.15. The maximum absolute atomic E-state index is 14.5. The molecular formula is C27H31F5O4S. The summed E-state index contributed by atoms with van der Waals surface area (Å²) in [5, 5.41) is 21.5. The predicted molar refractivity (Wildman–Crippen MR) is 131 cm³/mol. The molecule has 0 unspecified atom stereocenters. The van der Waals surface area contributed by atoms with Crippen molar-refractivity contribution in [1.29, 1.82) is 0 Å². The summed E-state index contributed by atoms with van der Waals surface area (Å²) in [6.07, 6.45) is 6.63. The van der Waals surface area contributed by atoms with Gasteiger partial charge in [0.25, 0.3) is 0 Å². The van der Waals surface area contributed by atoms with Gasteiger partial charge in [0.1, 0.15) is 21.3 Å². The second kappa shape index (κ2) is 12.6. The zero-order chi connectivity index (χ0) is 28.1. The molecule has 0 aromatic heterocycles. The number of hydrogen-bond donors (Lipinski definition) is 2. The minimum atomic E-state index is -5.45. The minimum Gasteiger partial charge on any atom is -0.508 e. The lowest BCUT2D eigenvalue weighted by Crippen LogP contribution is -2.15. The number of phenols is 2. The van der Waals surface area contributed by atoms with Gasteiger partial charge in [-0.3, -0.25) is 0 Å². The van der Waals surface area contributed by atoms with Crippen molar-refractivity contribution in [3.63, 3.8) is 0 Å². The standard InChI is InChI=1S/C27H31F5O4S/c1-5-6-7-11-17-14-19(33)18(13-12-16(4)10-8-9-15(2)3)25(34)26(17)37(35,36)27-23(31)21(29)20(28)22(30)24(27)32/h9,12,14,33-34H,5-8,10-11,13H2,1-4H3/b16-12+. The van der Waals surface area contributed by atoms with Crippen LogP contribution in [0.15, 0.2) is 39.2 Å². The van der Waals surface area contributed by atoms with Gasteiger partial charge in [-0.1, -0.05) is 43.1 Å². The number of allylic oxidation sites excluding steroid dienone is 4. The quantitative estimate of drug-likeness (QED) is 0.0760. The van der Waals surface area contributed by atoms with E-state index in [9.17, 15) is 40.6 Å². The normalized spacial score (nSPS) is 12.2. The van der Waals surface area contributed by atoms with Crippen LogP contribution >= 0.6 is 0 Å². The highest BCUT2D eigenvalue weighted by molar-refractivity contribution is 7.91. The summed E-state index contributed by atoms with van der Waals surface area (Å²) in [5.41, 5.74) is 1.56. The van der Waals surface area contributed by atoms with E-state index in [1.165, 1.54) is 0 Å². The van der Waals surface area contributed by atoms with E-state index < -0.39 is 60.2 Å². The molecule has 0 saturated heterocycles. The van der Waals surface area contributed by atoms with Gasteiger partial charge in [-0.25, -0.2) is 30.4 Å². The van der Waals surface area contributed by atoms with E-state index in [1.807, 2.05) is 26.8 Å². The molecule has 0 heterocycles. The zero-order valence-corrected chi connectivity index (χ0v) is 22.0. The molecule has 0 aliphatic rings. The molecule has 0 saturated carbocycles. The topological polar surface area (TPSA) is 74.6 Å². The second-order valence-corrected chi connectivity index (χ2v) is 11.0. The minimum absolute atomic E-state index is 0.0310. The third-order valence-electron chi connectivity index (χ3n) is 5.92. The fourth-order valence-electron chi connectivity index (χ4n) is 3.87. The van der Waals surface area contributed by atoms with Crippen LogP contribution in [-0.2, 0) is 22.7 Å². The van der Waals surface area contributed by atoms with Crippen molar-refractivity contribution in [3.05, 3.63) is 69.6 Å². The molecule has 0 radical (unpaired) electrons. The van der Waals surface area contributed by atoms with E-state index >= 15 is 0 Å². The number of aromatic hydroxyl groups is 2. The number of aryl methyl sites for hydroxylation is 1. The van der Waals surface area contributed by atoms with Gasteiger partial charge in [0.15, 0.2) is 23.3 Å². The van der Waals surface area contributed by atoms with Crippen LogP contribution in [0.25, 0.3) is 0 Å². The summed E-state index contributed by atoms with van der Waals surface area (Å²) in [4.78, 5) is -3.05. The highest BCUT2D eigenvalue weighted by Gasteiger charge is 2.38. The average Bonchev–Trinajstić information content (AvgIpc) is 2.80. The van der Waals surface area contributed by atoms with E-state index in [0.29, 0.717) is 19.3 Å². The van der Waals surface area contributed by atoms with Crippen LogP contribution in [0.1, 0.15) is 70.9 Å². The average molecular weight is 547 g/mol. The van der Waals surface area contributed by atoms with Crippen molar-refractivity contribution in [2.75, 3.05) is 0 Å². The van der Waals surface area contributed by atoms with Crippen LogP contribution in [0.3, 0.4) is 0 Å². The monoisotopic (exact) mass is 546 g/mol. The third kappa shape index (κ3) is 6.71. The van der Waals surface area contributed by atoms with E-state index in [2.05, 4.69) is 0 Å². The van der Waals surface area contributed by atoms with E-state index in [4.69, 9.17) is 0 Å². The summed E-state index contributed by atoms with van der Waals surface area (Å²) in [6, 6.07) is 1.05.